The highest BCUT2D eigenvalue weighted by Crippen LogP contribution is 2.22. The molecule has 5 nitrogen and oxygen atoms in total. The van der Waals surface area contributed by atoms with Crippen molar-refractivity contribution >= 4 is 11.9 Å². The third-order valence-corrected chi connectivity index (χ3v) is 3.22. The molecule has 0 aromatic carbocycles. The van der Waals surface area contributed by atoms with E-state index in [1.165, 1.54) is 0 Å². The van der Waals surface area contributed by atoms with Gasteiger partial charge in [-0.05, 0) is 47.1 Å². The van der Waals surface area contributed by atoms with Crippen molar-refractivity contribution in [2.75, 3.05) is 13.1 Å². The number of carbonyl (C=O) groups excluding carboxylic acids is 1. The highest BCUT2D eigenvalue weighted by Gasteiger charge is 2.30. The van der Waals surface area contributed by atoms with Crippen molar-refractivity contribution in [1.29, 1.82) is 0 Å². The second kappa shape index (κ2) is 5.69. The summed E-state index contributed by atoms with van der Waals surface area (Å²) < 4.78 is 0. The standard InChI is InChI=1S/C13H24N2O3/c1-9-7-10(12(17)18)5-6-15(9)8-11(16)14-13(2,3)4/h9-10H,5-8H2,1-4H3,(H,14,16)(H,17,18). The molecule has 1 heterocycles. The number of nitrogens with one attached hydrogen (secondary N) is 1. The molecular weight excluding hydrogens is 232 g/mol. The van der Waals surface area contributed by atoms with Crippen LogP contribution in [0.25, 0.3) is 0 Å². The quantitative estimate of drug-likeness (QED) is 0.793. The van der Waals surface area contributed by atoms with Crippen molar-refractivity contribution in [3.05, 3.63) is 0 Å². The number of carboxylic acids is 1. The maximum atomic E-state index is 11.8. The van der Waals surface area contributed by atoms with Gasteiger partial charge in [0.05, 0.1) is 12.5 Å². The minimum absolute atomic E-state index is 0.00289. The number of carbonyl (C=O) groups is 2. The number of aliphatic carboxylic acids is 1. The fourth-order valence-corrected chi connectivity index (χ4v) is 2.32. The molecule has 1 fully saturated rings. The van der Waals surface area contributed by atoms with Gasteiger partial charge in [-0.1, -0.05) is 0 Å². The molecule has 18 heavy (non-hydrogen) atoms. The van der Waals surface area contributed by atoms with Crippen LogP contribution < -0.4 is 5.32 Å². The first kappa shape index (κ1) is 15.0. The average Bonchev–Trinajstić information content (AvgIpc) is 2.17. The van der Waals surface area contributed by atoms with Gasteiger partial charge in [0.25, 0.3) is 0 Å². The second-order valence-electron chi connectivity index (χ2n) is 6.18. The molecule has 0 bridgehead atoms. The van der Waals surface area contributed by atoms with Crippen LogP contribution in [-0.4, -0.2) is 46.6 Å². The molecule has 1 rings (SSSR count). The highest BCUT2D eigenvalue weighted by atomic mass is 16.4. The lowest BCUT2D eigenvalue weighted by atomic mass is 9.92. The van der Waals surface area contributed by atoms with Crippen molar-refractivity contribution in [3.63, 3.8) is 0 Å². The first-order valence-electron chi connectivity index (χ1n) is 6.47. The summed E-state index contributed by atoms with van der Waals surface area (Å²) in [4.78, 5) is 24.8. The van der Waals surface area contributed by atoms with Crippen LogP contribution in [0, 0.1) is 5.92 Å². The summed E-state index contributed by atoms with van der Waals surface area (Å²) in [5.74, 6) is -0.981. The van der Waals surface area contributed by atoms with Crippen LogP contribution in [0.15, 0.2) is 0 Å². The molecule has 0 aromatic heterocycles. The van der Waals surface area contributed by atoms with E-state index in [-0.39, 0.29) is 23.4 Å². The molecule has 1 aliphatic heterocycles. The lowest BCUT2D eigenvalue weighted by Gasteiger charge is -2.36. The van der Waals surface area contributed by atoms with E-state index >= 15 is 0 Å². The normalized spacial score (nSPS) is 25.8. The zero-order chi connectivity index (χ0) is 13.9. The Morgan fingerprint density at radius 3 is 2.44 bits per heavy atom. The van der Waals surface area contributed by atoms with Gasteiger partial charge in [0, 0.05) is 11.6 Å². The minimum atomic E-state index is -0.722. The topological polar surface area (TPSA) is 69.6 Å². The summed E-state index contributed by atoms with van der Waals surface area (Å²) >= 11 is 0. The van der Waals surface area contributed by atoms with E-state index in [2.05, 4.69) is 10.2 Å². The third kappa shape index (κ3) is 4.64. The Balaban J connectivity index is 2.45. The van der Waals surface area contributed by atoms with Crippen LogP contribution in [-0.2, 0) is 9.59 Å². The van der Waals surface area contributed by atoms with E-state index in [1.807, 2.05) is 27.7 Å². The Hall–Kier alpha value is -1.10. The predicted molar refractivity (Wildman–Crippen MR) is 69.3 cm³/mol. The van der Waals surface area contributed by atoms with Crippen LogP contribution in [0.3, 0.4) is 0 Å². The van der Waals surface area contributed by atoms with Crippen LogP contribution in [0.1, 0.15) is 40.5 Å². The molecule has 0 saturated carbocycles. The van der Waals surface area contributed by atoms with Crippen molar-refractivity contribution < 1.29 is 14.7 Å². The molecule has 2 unspecified atom stereocenters. The molecule has 5 heteroatoms. The van der Waals surface area contributed by atoms with Crippen molar-refractivity contribution in [1.82, 2.24) is 10.2 Å². The number of amides is 1. The number of likely N-dealkylation sites (tertiary alicyclic amines) is 1. The van der Waals surface area contributed by atoms with Crippen molar-refractivity contribution in [3.8, 4) is 0 Å². The zero-order valence-corrected chi connectivity index (χ0v) is 11.7. The van der Waals surface area contributed by atoms with Gasteiger partial charge < -0.3 is 10.4 Å². The Morgan fingerprint density at radius 1 is 1.39 bits per heavy atom. The van der Waals surface area contributed by atoms with E-state index in [0.29, 0.717) is 25.9 Å². The van der Waals surface area contributed by atoms with Gasteiger partial charge in [-0.3, -0.25) is 14.5 Å². The van der Waals surface area contributed by atoms with E-state index in [0.717, 1.165) is 0 Å². The Morgan fingerprint density at radius 2 is 2.00 bits per heavy atom. The molecule has 0 spiro atoms. The number of piperidine rings is 1. The van der Waals surface area contributed by atoms with Gasteiger partial charge in [0.15, 0.2) is 0 Å². The molecule has 1 aliphatic rings. The molecule has 2 N–H and O–H groups in total. The van der Waals surface area contributed by atoms with E-state index in [9.17, 15) is 9.59 Å². The maximum Gasteiger partial charge on any atom is 0.306 e. The number of carboxylic acid groups (broad SMARTS) is 1. The van der Waals surface area contributed by atoms with Gasteiger partial charge in [-0.15, -0.1) is 0 Å². The molecule has 0 aliphatic carbocycles. The van der Waals surface area contributed by atoms with Crippen LogP contribution in [0.4, 0.5) is 0 Å². The summed E-state index contributed by atoms with van der Waals surface area (Å²) in [6, 6.07) is 0.144. The molecule has 1 amide bonds. The first-order chi connectivity index (χ1) is 8.19. The lowest BCUT2D eigenvalue weighted by Crippen LogP contribution is -2.50. The predicted octanol–water partition coefficient (Wildman–Crippen LogP) is 1.09. The summed E-state index contributed by atoms with van der Waals surface area (Å²) in [6.07, 6.45) is 1.25. The van der Waals surface area contributed by atoms with Crippen molar-refractivity contribution in [2.24, 2.45) is 5.92 Å². The molecule has 104 valence electrons. The second-order valence-corrected chi connectivity index (χ2v) is 6.18. The van der Waals surface area contributed by atoms with E-state index < -0.39 is 5.97 Å². The molecule has 0 radical (unpaired) electrons. The summed E-state index contributed by atoms with van der Waals surface area (Å²) in [6.45, 7) is 8.86. The van der Waals surface area contributed by atoms with Gasteiger partial charge >= 0.3 is 5.97 Å². The van der Waals surface area contributed by atoms with Crippen molar-refractivity contribution in [2.45, 2.75) is 52.1 Å². The molecule has 2 atom stereocenters. The summed E-state index contributed by atoms with van der Waals surface area (Å²) in [5.41, 5.74) is -0.223. The van der Waals surface area contributed by atoms with E-state index in [4.69, 9.17) is 5.11 Å². The fourth-order valence-electron chi connectivity index (χ4n) is 2.32. The number of rotatable bonds is 3. The average molecular weight is 256 g/mol. The van der Waals surface area contributed by atoms with E-state index in [1.54, 1.807) is 0 Å². The summed E-state index contributed by atoms with van der Waals surface area (Å²) in [7, 11) is 0. The Kier molecular flexibility index (Phi) is 4.73. The Bertz CT molecular complexity index is 323. The van der Waals surface area contributed by atoms with Gasteiger partial charge in [-0.2, -0.15) is 0 Å². The SMILES string of the molecule is CC1CC(C(=O)O)CCN1CC(=O)NC(C)(C)C. The van der Waals surface area contributed by atoms with Gasteiger partial charge in [0.2, 0.25) is 5.91 Å². The summed E-state index contributed by atoms with van der Waals surface area (Å²) in [5, 5.41) is 11.9. The van der Waals surface area contributed by atoms with Crippen LogP contribution >= 0.6 is 0 Å². The fraction of sp³-hybridized carbons (Fsp3) is 0.846. The molecule has 0 aromatic rings. The smallest absolute Gasteiger partial charge is 0.306 e. The lowest BCUT2D eigenvalue weighted by molar-refractivity contribution is -0.144. The first-order valence-corrected chi connectivity index (χ1v) is 6.47. The van der Waals surface area contributed by atoms with Gasteiger partial charge in [0.1, 0.15) is 0 Å². The number of hydrogen-bond acceptors (Lipinski definition) is 3. The zero-order valence-electron chi connectivity index (χ0n) is 11.7. The van der Waals surface area contributed by atoms with Crippen LogP contribution in [0.2, 0.25) is 0 Å². The molecular formula is C13H24N2O3. The monoisotopic (exact) mass is 256 g/mol. The number of hydrogen-bond donors (Lipinski definition) is 2. The van der Waals surface area contributed by atoms with Gasteiger partial charge in [-0.25, -0.2) is 0 Å². The van der Waals surface area contributed by atoms with Crippen LogP contribution in [0.5, 0.6) is 0 Å². The maximum absolute atomic E-state index is 11.8. The number of nitrogens with zero attached hydrogens (tertiary/aromatic N) is 1. The molecule has 1 saturated heterocycles. The Labute approximate surface area is 109 Å². The third-order valence-electron chi connectivity index (χ3n) is 3.22. The largest absolute Gasteiger partial charge is 0.481 e. The minimum Gasteiger partial charge on any atom is -0.481 e. The highest BCUT2D eigenvalue weighted by molar-refractivity contribution is 5.78.